The van der Waals surface area contributed by atoms with Gasteiger partial charge in [-0.1, -0.05) is 54.9 Å². The van der Waals surface area contributed by atoms with Crippen LogP contribution in [0.5, 0.6) is 5.75 Å². The van der Waals surface area contributed by atoms with Crippen LogP contribution in [0.1, 0.15) is 54.1 Å². The zero-order chi connectivity index (χ0) is 24.1. The van der Waals surface area contributed by atoms with E-state index in [2.05, 4.69) is 22.4 Å². The SMILES string of the molecule is CCC1CCCCN1C(=O)Cc1ccc(C=NNC(=O)c2ccc(O)c(Cl)c2)c2ccccc12. The molecule has 1 unspecified atom stereocenters. The monoisotopic (exact) mass is 477 g/mol. The fourth-order valence-electron chi connectivity index (χ4n) is 4.54. The number of hydrazone groups is 1. The van der Waals surface area contributed by atoms with Crippen LogP contribution in [0.15, 0.2) is 59.7 Å². The number of likely N-dealkylation sites (tertiary alicyclic amines) is 1. The van der Waals surface area contributed by atoms with Crippen molar-refractivity contribution in [2.45, 2.75) is 45.1 Å². The molecule has 0 saturated carbocycles. The van der Waals surface area contributed by atoms with Gasteiger partial charge in [-0.2, -0.15) is 5.10 Å². The maximum atomic E-state index is 13.1. The van der Waals surface area contributed by atoms with Crippen LogP contribution in [0.25, 0.3) is 10.8 Å². The lowest BCUT2D eigenvalue weighted by Gasteiger charge is -2.35. The molecule has 1 atom stereocenters. The number of phenols is 1. The summed E-state index contributed by atoms with van der Waals surface area (Å²) >= 11 is 5.87. The molecule has 1 aliphatic rings. The van der Waals surface area contributed by atoms with Crippen LogP contribution < -0.4 is 5.43 Å². The standard InChI is InChI=1S/C27H28ClN3O3/c1-2-21-7-5-6-14-31(21)26(33)16-18-10-11-20(23-9-4-3-8-22(18)23)17-29-30-27(34)19-12-13-25(32)24(28)15-19/h3-4,8-13,15,17,21,32H,2,5-7,14,16H2,1H3,(H,30,34). The van der Waals surface area contributed by atoms with Gasteiger partial charge in [0.25, 0.3) is 5.91 Å². The molecule has 0 bridgehead atoms. The molecule has 34 heavy (non-hydrogen) atoms. The number of rotatable bonds is 6. The van der Waals surface area contributed by atoms with Gasteiger partial charge in [-0.05, 0) is 60.2 Å². The number of carbonyl (C=O) groups excluding carboxylic acids is 2. The number of benzene rings is 3. The van der Waals surface area contributed by atoms with Crippen LogP contribution in [0.3, 0.4) is 0 Å². The highest BCUT2D eigenvalue weighted by atomic mass is 35.5. The Morgan fingerprint density at radius 1 is 1.15 bits per heavy atom. The topological polar surface area (TPSA) is 82.0 Å². The van der Waals surface area contributed by atoms with Gasteiger partial charge in [-0.3, -0.25) is 9.59 Å². The van der Waals surface area contributed by atoms with E-state index in [-0.39, 0.29) is 16.7 Å². The second kappa shape index (κ2) is 10.7. The van der Waals surface area contributed by atoms with Crippen molar-refractivity contribution < 1.29 is 14.7 Å². The van der Waals surface area contributed by atoms with Crippen molar-refractivity contribution in [2.24, 2.45) is 5.10 Å². The van der Waals surface area contributed by atoms with E-state index in [1.54, 1.807) is 6.21 Å². The van der Waals surface area contributed by atoms with Crippen molar-refractivity contribution >= 4 is 40.4 Å². The molecule has 0 radical (unpaired) electrons. The Bertz CT molecular complexity index is 1240. The van der Waals surface area contributed by atoms with Crippen molar-refractivity contribution in [3.8, 4) is 5.75 Å². The first kappa shape index (κ1) is 23.8. The third kappa shape index (κ3) is 5.23. The van der Waals surface area contributed by atoms with E-state index < -0.39 is 5.91 Å². The second-order valence-electron chi connectivity index (χ2n) is 8.55. The van der Waals surface area contributed by atoms with E-state index in [4.69, 9.17) is 11.6 Å². The van der Waals surface area contributed by atoms with E-state index in [1.165, 1.54) is 24.6 Å². The summed E-state index contributed by atoms with van der Waals surface area (Å²) in [6.07, 6.45) is 6.29. The number of nitrogens with zero attached hydrogens (tertiary/aromatic N) is 2. The van der Waals surface area contributed by atoms with Crippen LogP contribution in [0.4, 0.5) is 0 Å². The van der Waals surface area contributed by atoms with E-state index in [1.807, 2.05) is 36.4 Å². The first-order chi connectivity index (χ1) is 16.5. The lowest BCUT2D eigenvalue weighted by molar-refractivity contribution is -0.134. The van der Waals surface area contributed by atoms with Crippen LogP contribution >= 0.6 is 11.6 Å². The number of hydrogen-bond acceptors (Lipinski definition) is 4. The normalized spacial score (nSPS) is 16.2. The predicted molar refractivity (Wildman–Crippen MR) is 135 cm³/mol. The van der Waals surface area contributed by atoms with Gasteiger partial charge in [0.2, 0.25) is 5.91 Å². The summed E-state index contributed by atoms with van der Waals surface area (Å²) in [5.41, 5.74) is 4.60. The average molecular weight is 478 g/mol. The van der Waals surface area contributed by atoms with E-state index in [0.717, 1.165) is 47.7 Å². The van der Waals surface area contributed by atoms with E-state index in [0.29, 0.717) is 18.0 Å². The first-order valence-corrected chi connectivity index (χ1v) is 12.0. The highest BCUT2D eigenvalue weighted by Gasteiger charge is 2.25. The molecule has 0 aliphatic carbocycles. The number of fused-ring (bicyclic) bond motifs is 1. The fourth-order valence-corrected chi connectivity index (χ4v) is 4.72. The Hall–Kier alpha value is -3.38. The molecule has 1 saturated heterocycles. The predicted octanol–water partition coefficient (Wildman–Crippen LogP) is 5.30. The van der Waals surface area contributed by atoms with Gasteiger partial charge in [-0.25, -0.2) is 5.43 Å². The third-order valence-electron chi connectivity index (χ3n) is 6.39. The van der Waals surface area contributed by atoms with Crippen LogP contribution in [0, 0.1) is 0 Å². The Balaban J connectivity index is 1.51. The molecule has 0 aromatic heterocycles. The number of piperidine rings is 1. The Kier molecular flexibility index (Phi) is 7.48. The van der Waals surface area contributed by atoms with Gasteiger partial charge in [0, 0.05) is 23.7 Å². The number of hydrogen-bond donors (Lipinski definition) is 2. The van der Waals surface area contributed by atoms with Gasteiger partial charge in [0.15, 0.2) is 0 Å². The molecule has 4 rings (SSSR count). The van der Waals surface area contributed by atoms with Gasteiger partial charge in [-0.15, -0.1) is 0 Å². The molecule has 176 valence electrons. The molecule has 3 aromatic rings. The third-order valence-corrected chi connectivity index (χ3v) is 6.69. The molecule has 1 fully saturated rings. The van der Waals surface area contributed by atoms with Crippen molar-refractivity contribution in [1.82, 2.24) is 10.3 Å². The number of phenolic OH excluding ortho intramolecular Hbond substituents is 1. The van der Waals surface area contributed by atoms with Gasteiger partial charge in [0.05, 0.1) is 17.7 Å². The van der Waals surface area contributed by atoms with Crippen molar-refractivity contribution in [3.63, 3.8) is 0 Å². The highest BCUT2D eigenvalue weighted by molar-refractivity contribution is 6.32. The Morgan fingerprint density at radius 3 is 2.71 bits per heavy atom. The molecular weight excluding hydrogens is 450 g/mol. The van der Waals surface area contributed by atoms with Gasteiger partial charge >= 0.3 is 0 Å². The molecule has 7 heteroatoms. The number of amides is 2. The molecule has 1 heterocycles. The highest BCUT2D eigenvalue weighted by Crippen LogP contribution is 2.26. The second-order valence-corrected chi connectivity index (χ2v) is 8.95. The number of aromatic hydroxyl groups is 1. The largest absolute Gasteiger partial charge is 0.506 e. The first-order valence-electron chi connectivity index (χ1n) is 11.6. The van der Waals surface area contributed by atoms with E-state index in [9.17, 15) is 14.7 Å². The molecule has 0 spiro atoms. The lowest BCUT2D eigenvalue weighted by atomic mass is 9.96. The maximum Gasteiger partial charge on any atom is 0.271 e. The fraction of sp³-hybridized carbons (Fsp3) is 0.296. The van der Waals surface area contributed by atoms with Crippen LogP contribution in [-0.4, -0.2) is 40.6 Å². The summed E-state index contributed by atoms with van der Waals surface area (Å²) < 4.78 is 0. The van der Waals surface area contributed by atoms with Crippen molar-refractivity contribution in [3.05, 3.63) is 76.3 Å². The number of carbonyl (C=O) groups is 2. The summed E-state index contributed by atoms with van der Waals surface area (Å²) in [6.45, 7) is 2.99. The van der Waals surface area contributed by atoms with Crippen molar-refractivity contribution in [1.29, 1.82) is 0 Å². The summed E-state index contributed by atoms with van der Waals surface area (Å²) in [5, 5.41) is 15.7. The molecule has 1 aliphatic heterocycles. The molecule has 2 N–H and O–H groups in total. The Labute approximate surface area is 204 Å². The number of nitrogens with one attached hydrogen (secondary N) is 1. The van der Waals surface area contributed by atoms with Crippen LogP contribution in [-0.2, 0) is 11.2 Å². The van der Waals surface area contributed by atoms with Gasteiger partial charge in [0.1, 0.15) is 5.75 Å². The quantitative estimate of drug-likeness (QED) is 0.373. The summed E-state index contributed by atoms with van der Waals surface area (Å²) in [5.74, 6) is -0.341. The summed E-state index contributed by atoms with van der Waals surface area (Å²) in [6, 6.07) is 16.4. The zero-order valence-corrected chi connectivity index (χ0v) is 19.9. The molecule has 6 nitrogen and oxygen atoms in total. The van der Waals surface area contributed by atoms with Crippen LogP contribution in [0.2, 0.25) is 5.02 Å². The average Bonchev–Trinajstić information content (AvgIpc) is 2.86. The smallest absolute Gasteiger partial charge is 0.271 e. The minimum Gasteiger partial charge on any atom is -0.506 e. The zero-order valence-electron chi connectivity index (χ0n) is 19.1. The summed E-state index contributed by atoms with van der Waals surface area (Å²) in [7, 11) is 0. The molecular formula is C27H28ClN3O3. The summed E-state index contributed by atoms with van der Waals surface area (Å²) in [4.78, 5) is 27.5. The molecule has 2 amide bonds. The minimum atomic E-state index is -0.434. The lowest BCUT2D eigenvalue weighted by Crippen LogP contribution is -2.44. The van der Waals surface area contributed by atoms with Gasteiger partial charge < -0.3 is 10.0 Å². The maximum absolute atomic E-state index is 13.1. The van der Waals surface area contributed by atoms with E-state index >= 15 is 0 Å². The molecule has 3 aromatic carbocycles. The number of halogens is 1. The Morgan fingerprint density at radius 2 is 1.94 bits per heavy atom. The van der Waals surface area contributed by atoms with Crippen molar-refractivity contribution in [2.75, 3.05) is 6.54 Å². The minimum absolute atomic E-state index is 0.0859.